The molecule has 18 heavy (non-hydrogen) atoms. The fourth-order valence-electron chi connectivity index (χ4n) is 1.54. The van der Waals surface area contributed by atoms with Gasteiger partial charge in [-0.15, -0.1) is 11.8 Å². The molecule has 0 saturated heterocycles. The van der Waals surface area contributed by atoms with Gasteiger partial charge in [0, 0.05) is 16.0 Å². The molecule has 1 rings (SSSR count). The lowest BCUT2D eigenvalue weighted by molar-refractivity contribution is -0.120. The molecule has 0 spiro atoms. The Morgan fingerprint density at radius 1 is 1.39 bits per heavy atom. The van der Waals surface area contributed by atoms with E-state index in [0.29, 0.717) is 0 Å². The lowest BCUT2D eigenvalue weighted by atomic mass is 10.2. The van der Waals surface area contributed by atoms with Crippen LogP contribution < -0.4 is 11.1 Å². The van der Waals surface area contributed by atoms with Gasteiger partial charge in [0.05, 0.1) is 6.04 Å². The van der Waals surface area contributed by atoms with Crippen LogP contribution in [0.25, 0.3) is 0 Å². The van der Waals surface area contributed by atoms with Crippen LogP contribution in [0.1, 0.15) is 20.3 Å². The van der Waals surface area contributed by atoms with Crippen molar-refractivity contribution in [2.75, 3.05) is 5.75 Å². The molecule has 100 valence electrons. The highest BCUT2D eigenvalue weighted by Crippen LogP contribution is 2.21. The topological polar surface area (TPSA) is 55.1 Å². The van der Waals surface area contributed by atoms with Gasteiger partial charge in [-0.05, 0) is 36.4 Å². The maximum atomic E-state index is 11.3. The van der Waals surface area contributed by atoms with Crippen molar-refractivity contribution in [2.45, 2.75) is 37.2 Å². The van der Waals surface area contributed by atoms with Crippen molar-refractivity contribution < 1.29 is 4.79 Å². The molecular weight excluding hydrogens is 268 g/mol. The summed E-state index contributed by atoms with van der Waals surface area (Å²) in [6.45, 7) is 4.00. The summed E-state index contributed by atoms with van der Waals surface area (Å²) in [5, 5.41) is 3.90. The molecule has 0 aliphatic rings. The summed E-state index contributed by atoms with van der Waals surface area (Å²) >= 11 is 7.51. The van der Waals surface area contributed by atoms with Crippen LogP contribution in [-0.4, -0.2) is 23.7 Å². The molecule has 0 aromatic heterocycles. The van der Waals surface area contributed by atoms with Crippen LogP contribution in [0, 0.1) is 0 Å². The molecule has 1 amide bonds. The number of rotatable bonds is 7. The molecule has 0 bridgehead atoms. The van der Waals surface area contributed by atoms with E-state index in [9.17, 15) is 4.79 Å². The minimum atomic E-state index is -0.291. The van der Waals surface area contributed by atoms with Crippen LogP contribution >= 0.6 is 23.4 Å². The minimum Gasteiger partial charge on any atom is -0.368 e. The third kappa shape index (κ3) is 5.76. The predicted octanol–water partition coefficient (Wildman–Crippen LogP) is 2.67. The van der Waals surface area contributed by atoms with Gasteiger partial charge in [0.15, 0.2) is 0 Å². The molecule has 3 N–H and O–H groups in total. The van der Waals surface area contributed by atoms with Crippen molar-refractivity contribution in [3.8, 4) is 0 Å². The van der Waals surface area contributed by atoms with Crippen molar-refractivity contribution in [3.05, 3.63) is 29.3 Å². The number of carbonyl (C=O) groups excluding carboxylic acids is 1. The number of thioether (sulfide) groups is 1. The number of primary amides is 1. The van der Waals surface area contributed by atoms with E-state index < -0.39 is 0 Å². The van der Waals surface area contributed by atoms with E-state index >= 15 is 0 Å². The Kier molecular flexibility index (Phi) is 6.54. The molecule has 0 aliphatic carbocycles. The summed E-state index contributed by atoms with van der Waals surface area (Å²) < 4.78 is 0. The second-order valence-corrected chi connectivity index (χ2v) is 5.97. The average molecular weight is 287 g/mol. The average Bonchev–Trinajstić information content (AvgIpc) is 2.29. The zero-order valence-electron chi connectivity index (χ0n) is 10.7. The highest BCUT2D eigenvalue weighted by atomic mass is 35.5. The molecule has 1 aromatic rings. The van der Waals surface area contributed by atoms with Gasteiger partial charge in [-0.2, -0.15) is 0 Å². The number of nitrogens with one attached hydrogen (secondary N) is 1. The van der Waals surface area contributed by atoms with Crippen molar-refractivity contribution in [3.63, 3.8) is 0 Å². The van der Waals surface area contributed by atoms with Gasteiger partial charge in [-0.3, -0.25) is 4.79 Å². The normalized spacial score (nSPS) is 12.7. The fraction of sp³-hybridized carbons (Fsp3) is 0.462. The first-order chi connectivity index (χ1) is 8.49. The summed E-state index contributed by atoms with van der Waals surface area (Å²) in [7, 11) is 0. The molecule has 0 radical (unpaired) electrons. The number of nitrogens with two attached hydrogens (primary N) is 1. The van der Waals surface area contributed by atoms with Crippen LogP contribution in [0.2, 0.25) is 5.02 Å². The van der Waals surface area contributed by atoms with Gasteiger partial charge in [-0.25, -0.2) is 0 Å². The number of carbonyl (C=O) groups is 1. The van der Waals surface area contributed by atoms with Crippen molar-refractivity contribution in [1.29, 1.82) is 0 Å². The monoisotopic (exact) mass is 286 g/mol. The maximum Gasteiger partial charge on any atom is 0.234 e. The molecule has 0 aliphatic heterocycles. The van der Waals surface area contributed by atoms with E-state index in [1.165, 1.54) is 0 Å². The second kappa shape index (κ2) is 7.67. The standard InChI is InChI=1S/C13H19ClN2OS/c1-9(2)16-12(13(15)17)7-8-18-11-5-3-10(14)4-6-11/h3-6,9,12,16H,7-8H2,1-2H3,(H2,15,17). The smallest absolute Gasteiger partial charge is 0.234 e. The van der Waals surface area contributed by atoms with Crippen LogP contribution in [0.4, 0.5) is 0 Å². The number of halogens is 1. The van der Waals surface area contributed by atoms with Crippen LogP contribution in [0.15, 0.2) is 29.2 Å². The van der Waals surface area contributed by atoms with Crippen molar-refractivity contribution >= 4 is 29.3 Å². The third-order valence-electron chi connectivity index (χ3n) is 2.37. The summed E-state index contributed by atoms with van der Waals surface area (Å²) in [5.41, 5.74) is 5.36. The van der Waals surface area contributed by atoms with Crippen LogP contribution in [0.3, 0.4) is 0 Å². The Hall–Kier alpha value is -0.710. The van der Waals surface area contributed by atoms with Crippen molar-refractivity contribution in [1.82, 2.24) is 5.32 Å². The van der Waals surface area contributed by atoms with E-state index in [1.807, 2.05) is 38.1 Å². The molecule has 0 heterocycles. The Balaban J connectivity index is 2.38. The van der Waals surface area contributed by atoms with Gasteiger partial charge in [0.2, 0.25) is 5.91 Å². The van der Waals surface area contributed by atoms with Gasteiger partial charge in [0.25, 0.3) is 0 Å². The first-order valence-corrected chi connectivity index (χ1v) is 7.29. The molecule has 1 atom stereocenters. The lowest BCUT2D eigenvalue weighted by Crippen LogP contribution is -2.44. The summed E-state index contributed by atoms with van der Waals surface area (Å²) in [6, 6.07) is 7.67. The maximum absolute atomic E-state index is 11.3. The molecule has 0 saturated carbocycles. The molecule has 1 aromatic carbocycles. The first kappa shape index (κ1) is 15.3. The Labute approximate surface area is 117 Å². The minimum absolute atomic E-state index is 0.253. The van der Waals surface area contributed by atoms with E-state index in [4.69, 9.17) is 17.3 Å². The van der Waals surface area contributed by atoms with Gasteiger partial charge in [0.1, 0.15) is 0 Å². The van der Waals surface area contributed by atoms with Crippen molar-refractivity contribution in [2.24, 2.45) is 5.73 Å². The molecular formula is C13H19ClN2OS. The summed E-state index contributed by atoms with van der Waals surface area (Å²) in [4.78, 5) is 12.4. The number of hydrogen-bond acceptors (Lipinski definition) is 3. The van der Waals surface area contributed by atoms with Gasteiger partial charge < -0.3 is 11.1 Å². The van der Waals surface area contributed by atoms with Gasteiger partial charge >= 0.3 is 0 Å². The Bertz CT molecular complexity index is 381. The van der Waals surface area contributed by atoms with E-state index in [1.54, 1.807) is 11.8 Å². The van der Waals surface area contributed by atoms with E-state index in [-0.39, 0.29) is 18.0 Å². The zero-order valence-corrected chi connectivity index (χ0v) is 12.2. The quantitative estimate of drug-likeness (QED) is 0.758. The summed E-state index contributed by atoms with van der Waals surface area (Å²) in [5.74, 6) is 0.551. The number of benzene rings is 1. The highest BCUT2D eigenvalue weighted by Gasteiger charge is 2.15. The Morgan fingerprint density at radius 3 is 2.50 bits per heavy atom. The van der Waals surface area contributed by atoms with Crippen LogP contribution in [0.5, 0.6) is 0 Å². The molecule has 1 unspecified atom stereocenters. The second-order valence-electron chi connectivity index (χ2n) is 4.37. The lowest BCUT2D eigenvalue weighted by Gasteiger charge is -2.17. The van der Waals surface area contributed by atoms with E-state index in [0.717, 1.165) is 22.1 Å². The number of hydrogen-bond donors (Lipinski definition) is 2. The molecule has 0 fully saturated rings. The summed E-state index contributed by atoms with van der Waals surface area (Å²) in [6.07, 6.45) is 0.723. The van der Waals surface area contributed by atoms with Gasteiger partial charge in [-0.1, -0.05) is 25.4 Å². The highest BCUT2D eigenvalue weighted by molar-refractivity contribution is 7.99. The fourth-order valence-corrected chi connectivity index (χ4v) is 2.58. The Morgan fingerprint density at radius 2 is 2.00 bits per heavy atom. The molecule has 3 nitrogen and oxygen atoms in total. The zero-order chi connectivity index (χ0) is 13.5. The molecule has 5 heteroatoms. The third-order valence-corrected chi connectivity index (χ3v) is 3.66. The van der Waals surface area contributed by atoms with E-state index in [2.05, 4.69) is 5.32 Å². The predicted molar refractivity (Wildman–Crippen MR) is 78.0 cm³/mol. The van der Waals surface area contributed by atoms with Crippen LogP contribution in [-0.2, 0) is 4.79 Å². The largest absolute Gasteiger partial charge is 0.368 e. The SMILES string of the molecule is CC(C)NC(CCSc1ccc(Cl)cc1)C(N)=O. The first-order valence-electron chi connectivity index (χ1n) is 5.92. The number of amides is 1.